The lowest BCUT2D eigenvalue weighted by Gasteiger charge is -2.53. The van der Waals surface area contributed by atoms with E-state index in [4.69, 9.17) is 0 Å². The minimum absolute atomic E-state index is 0.384. The van der Waals surface area contributed by atoms with Gasteiger partial charge in [0.25, 0.3) is 0 Å². The number of nitrogens with one attached hydrogen (secondary N) is 1. The maximum absolute atomic E-state index is 9.87. The lowest BCUT2D eigenvalue weighted by Crippen LogP contribution is -2.56. The Morgan fingerprint density at radius 1 is 1.32 bits per heavy atom. The molecule has 0 radical (unpaired) electrons. The van der Waals surface area contributed by atoms with Crippen molar-refractivity contribution in [2.75, 3.05) is 13.1 Å². The predicted octanol–water partition coefficient (Wildman–Crippen LogP) is 3.63. The SMILES string of the molecule is CCC1C[C@H]2C[C@H]3c4[nH]c5ccc(O)cc5c4CCN(C2)[C@@H]13. The summed E-state index contributed by atoms with van der Waals surface area (Å²) < 4.78 is 0. The summed E-state index contributed by atoms with van der Waals surface area (Å²) in [5, 5.41) is 11.1. The van der Waals surface area contributed by atoms with Crippen molar-refractivity contribution in [1.29, 1.82) is 0 Å². The van der Waals surface area contributed by atoms with Crippen LogP contribution in [0.3, 0.4) is 0 Å². The zero-order valence-corrected chi connectivity index (χ0v) is 13.2. The number of aromatic amines is 1. The topological polar surface area (TPSA) is 39.3 Å². The van der Waals surface area contributed by atoms with Gasteiger partial charge in [-0.25, -0.2) is 0 Å². The number of aromatic hydroxyl groups is 1. The van der Waals surface area contributed by atoms with Crippen LogP contribution in [0.25, 0.3) is 10.9 Å². The fourth-order valence-corrected chi connectivity index (χ4v) is 5.68. The minimum atomic E-state index is 0.384. The monoisotopic (exact) mass is 296 g/mol. The van der Waals surface area contributed by atoms with E-state index < -0.39 is 0 Å². The molecule has 22 heavy (non-hydrogen) atoms. The van der Waals surface area contributed by atoms with E-state index in [1.807, 2.05) is 12.1 Å². The van der Waals surface area contributed by atoms with Crippen LogP contribution in [0.5, 0.6) is 5.75 Å². The standard InChI is InChI=1S/C19H24N2O/c1-2-12-7-11-8-16-18-14(5-6-21(10-11)19(12)16)15-9-13(22)3-4-17(15)20-18/h3-4,9,11-12,16,19-20,22H,2,5-8,10H2,1H3/t11-,12?,16-,19-/m0/s1. The molecule has 5 atom stereocenters. The molecule has 2 saturated heterocycles. The number of phenols is 1. The lowest BCUT2D eigenvalue weighted by molar-refractivity contribution is -0.0134. The molecule has 4 bridgehead atoms. The number of phenolic OH excluding ortho intramolecular Hbond substituents is 1. The van der Waals surface area contributed by atoms with Crippen molar-refractivity contribution < 1.29 is 5.11 Å². The van der Waals surface area contributed by atoms with Crippen molar-refractivity contribution in [1.82, 2.24) is 9.88 Å². The number of nitrogens with zero attached hydrogens (tertiary/aromatic N) is 1. The molecule has 1 aromatic heterocycles. The van der Waals surface area contributed by atoms with Gasteiger partial charge < -0.3 is 10.1 Å². The van der Waals surface area contributed by atoms with Crippen LogP contribution in [0.4, 0.5) is 0 Å². The third kappa shape index (κ3) is 1.66. The second-order valence-corrected chi connectivity index (χ2v) is 7.59. The Balaban J connectivity index is 1.69. The first-order chi connectivity index (χ1) is 10.7. The Kier molecular flexibility index (Phi) is 2.67. The highest BCUT2D eigenvalue weighted by Gasteiger charge is 2.48. The van der Waals surface area contributed by atoms with Crippen LogP contribution in [-0.2, 0) is 6.42 Å². The molecule has 0 spiro atoms. The average Bonchev–Trinajstić information content (AvgIpc) is 2.85. The van der Waals surface area contributed by atoms with Crippen molar-refractivity contribution >= 4 is 10.9 Å². The van der Waals surface area contributed by atoms with E-state index in [1.54, 1.807) is 6.07 Å². The fourth-order valence-electron chi connectivity index (χ4n) is 5.68. The molecule has 116 valence electrons. The Bertz CT molecular complexity index is 734. The number of benzene rings is 1. The van der Waals surface area contributed by atoms with Gasteiger partial charge in [-0.2, -0.15) is 0 Å². The summed E-state index contributed by atoms with van der Waals surface area (Å²) >= 11 is 0. The van der Waals surface area contributed by atoms with E-state index in [0.717, 1.165) is 24.3 Å². The van der Waals surface area contributed by atoms with E-state index in [-0.39, 0.29) is 0 Å². The zero-order chi connectivity index (χ0) is 14.8. The number of H-pyrrole nitrogens is 1. The van der Waals surface area contributed by atoms with Crippen molar-refractivity contribution in [3.8, 4) is 5.75 Å². The first kappa shape index (κ1) is 13.0. The normalized spacial score (nSPS) is 36.3. The fraction of sp³-hybridized carbons (Fsp3) is 0.579. The smallest absolute Gasteiger partial charge is 0.116 e. The van der Waals surface area contributed by atoms with E-state index in [0.29, 0.717) is 11.7 Å². The molecule has 2 unspecified atom stereocenters. The van der Waals surface area contributed by atoms with Gasteiger partial charge in [-0.1, -0.05) is 13.3 Å². The third-order valence-corrected chi connectivity index (χ3v) is 6.50. The van der Waals surface area contributed by atoms with Crippen LogP contribution in [0.1, 0.15) is 43.4 Å². The molecule has 2 N–H and O–H groups in total. The van der Waals surface area contributed by atoms with Gasteiger partial charge in [0.1, 0.15) is 5.75 Å². The number of aromatic nitrogens is 1. The number of rotatable bonds is 1. The van der Waals surface area contributed by atoms with E-state index in [2.05, 4.69) is 16.8 Å². The summed E-state index contributed by atoms with van der Waals surface area (Å²) in [5.41, 5.74) is 4.16. The number of hydrogen-bond acceptors (Lipinski definition) is 2. The number of fused-ring (bicyclic) bond motifs is 4. The lowest BCUT2D eigenvalue weighted by atomic mass is 9.65. The van der Waals surface area contributed by atoms with Gasteiger partial charge in [-0.15, -0.1) is 0 Å². The van der Waals surface area contributed by atoms with Gasteiger partial charge in [0.05, 0.1) is 0 Å². The molecule has 4 aliphatic rings. The number of piperidine rings is 2. The maximum atomic E-state index is 9.87. The summed E-state index contributed by atoms with van der Waals surface area (Å²) in [7, 11) is 0. The van der Waals surface area contributed by atoms with Crippen LogP contribution in [0.2, 0.25) is 0 Å². The molecule has 2 aromatic rings. The average molecular weight is 296 g/mol. The van der Waals surface area contributed by atoms with Crippen LogP contribution in [0, 0.1) is 11.8 Å². The summed E-state index contributed by atoms with van der Waals surface area (Å²) in [5.74, 6) is 2.80. The molecular weight excluding hydrogens is 272 g/mol. The highest BCUT2D eigenvalue weighted by Crippen LogP contribution is 2.51. The van der Waals surface area contributed by atoms with Crippen LogP contribution in [-0.4, -0.2) is 34.1 Å². The Morgan fingerprint density at radius 3 is 3.09 bits per heavy atom. The Hall–Kier alpha value is -1.48. The second-order valence-electron chi connectivity index (χ2n) is 7.59. The zero-order valence-electron chi connectivity index (χ0n) is 13.2. The van der Waals surface area contributed by atoms with Gasteiger partial charge in [0.2, 0.25) is 0 Å². The van der Waals surface area contributed by atoms with E-state index >= 15 is 0 Å². The molecule has 1 aromatic carbocycles. The van der Waals surface area contributed by atoms with Crippen LogP contribution < -0.4 is 0 Å². The largest absolute Gasteiger partial charge is 0.508 e. The molecule has 1 aliphatic carbocycles. The molecule has 0 amide bonds. The minimum Gasteiger partial charge on any atom is -0.508 e. The van der Waals surface area contributed by atoms with Gasteiger partial charge >= 0.3 is 0 Å². The number of hydrogen-bond donors (Lipinski definition) is 2. The molecule has 3 fully saturated rings. The van der Waals surface area contributed by atoms with E-state index in [9.17, 15) is 5.11 Å². The highest BCUT2D eigenvalue weighted by atomic mass is 16.3. The first-order valence-corrected chi connectivity index (χ1v) is 8.82. The van der Waals surface area contributed by atoms with Gasteiger partial charge in [-0.3, -0.25) is 4.90 Å². The molecule has 3 aliphatic heterocycles. The molecule has 6 rings (SSSR count). The van der Waals surface area contributed by atoms with Gasteiger partial charge in [-0.05, 0) is 54.9 Å². The van der Waals surface area contributed by atoms with Crippen LogP contribution >= 0.6 is 0 Å². The summed E-state index contributed by atoms with van der Waals surface area (Å²) in [4.78, 5) is 6.51. The maximum Gasteiger partial charge on any atom is 0.116 e. The Labute approximate surface area is 131 Å². The van der Waals surface area contributed by atoms with E-state index in [1.165, 1.54) is 54.5 Å². The van der Waals surface area contributed by atoms with Gasteiger partial charge in [0.15, 0.2) is 0 Å². The Morgan fingerprint density at radius 2 is 2.23 bits per heavy atom. The molecular formula is C19H24N2O. The van der Waals surface area contributed by atoms with Crippen molar-refractivity contribution in [3.63, 3.8) is 0 Å². The quantitative estimate of drug-likeness (QED) is 0.843. The predicted molar refractivity (Wildman–Crippen MR) is 88.3 cm³/mol. The summed E-state index contributed by atoms with van der Waals surface area (Å²) in [6.07, 6.45) is 5.22. The molecule has 4 heterocycles. The van der Waals surface area contributed by atoms with Crippen molar-refractivity contribution in [2.24, 2.45) is 11.8 Å². The van der Waals surface area contributed by atoms with Crippen molar-refractivity contribution in [3.05, 3.63) is 29.5 Å². The third-order valence-electron chi connectivity index (χ3n) is 6.50. The highest BCUT2D eigenvalue weighted by molar-refractivity contribution is 5.86. The first-order valence-electron chi connectivity index (χ1n) is 8.82. The summed E-state index contributed by atoms with van der Waals surface area (Å²) in [6, 6.07) is 6.52. The summed E-state index contributed by atoms with van der Waals surface area (Å²) in [6.45, 7) is 4.86. The van der Waals surface area contributed by atoms with Crippen molar-refractivity contribution in [2.45, 2.75) is 44.6 Å². The van der Waals surface area contributed by atoms with Gasteiger partial charge in [0, 0.05) is 41.6 Å². The second kappa shape index (κ2) is 4.51. The molecule has 1 saturated carbocycles. The molecule has 3 nitrogen and oxygen atoms in total. The van der Waals surface area contributed by atoms with Crippen LogP contribution in [0.15, 0.2) is 18.2 Å². The molecule has 3 heteroatoms.